The number of Topliss-reactive ketones (excluding diaryl/α,β-unsaturated/α-hetero) is 3. The number of carbonyl (C=O) groups is 3. The lowest BCUT2D eigenvalue weighted by molar-refractivity contribution is -0.384. The van der Waals surface area contributed by atoms with E-state index in [0.717, 1.165) is 0 Å². The first-order valence-corrected chi connectivity index (χ1v) is 14.9. The highest BCUT2D eigenvalue weighted by molar-refractivity contribution is 6.72. The van der Waals surface area contributed by atoms with Crippen molar-refractivity contribution in [2.24, 2.45) is 4.99 Å². The summed E-state index contributed by atoms with van der Waals surface area (Å²) in [5.74, 6) is -2.33. The minimum Gasteiger partial charge on any atom is -0.464 e. The molecule has 230 valence electrons. The second-order valence-electron chi connectivity index (χ2n) is 11.1. The second kappa shape index (κ2) is 13.0. The number of nitro groups is 1. The summed E-state index contributed by atoms with van der Waals surface area (Å²) < 4.78 is 6.67. The lowest BCUT2D eigenvalue weighted by atomic mass is 9.80. The zero-order valence-electron chi connectivity index (χ0n) is 25.3. The third-order valence-corrected chi connectivity index (χ3v) is 7.97. The standard InChI is InChI=1S/C39H28N2O6/c1-39(40-34(36(43)28-16-8-3-9-17-28)37(44)29-18-10-4-11-19-29)33(26-22-24-31(25-23-26)41(45)46)32(35(42)27-14-6-2-7-15-27)38(47-39)30-20-12-5-13-21-30/h2-25,33H,1H3/t33-,39+/m0/s1. The fourth-order valence-corrected chi connectivity index (χ4v) is 5.73. The summed E-state index contributed by atoms with van der Waals surface area (Å²) in [4.78, 5) is 58.5. The fourth-order valence-electron chi connectivity index (χ4n) is 5.73. The van der Waals surface area contributed by atoms with Crippen molar-refractivity contribution in [2.75, 3.05) is 0 Å². The molecule has 0 saturated carbocycles. The predicted molar refractivity (Wildman–Crippen MR) is 178 cm³/mol. The normalized spacial score (nSPS) is 17.0. The van der Waals surface area contributed by atoms with Crippen molar-refractivity contribution in [3.8, 4) is 0 Å². The summed E-state index contributed by atoms with van der Waals surface area (Å²) in [6.45, 7) is 1.61. The highest BCUT2D eigenvalue weighted by atomic mass is 16.6. The average Bonchev–Trinajstić information content (AvgIpc) is 3.44. The van der Waals surface area contributed by atoms with Crippen LogP contribution in [0.2, 0.25) is 0 Å². The summed E-state index contributed by atoms with van der Waals surface area (Å²) in [5, 5.41) is 11.5. The highest BCUT2D eigenvalue weighted by Crippen LogP contribution is 2.51. The Labute approximate surface area is 270 Å². The largest absolute Gasteiger partial charge is 0.464 e. The average molecular weight is 621 g/mol. The molecule has 1 aliphatic rings. The van der Waals surface area contributed by atoms with E-state index < -0.39 is 28.1 Å². The monoisotopic (exact) mass is 620 g/mol. The first-order chi connectivity index (χ1) is 22.8. The second-order valence-corrected chi connectivity index (χ2v) is 11.1. The summed E-state index contributed by atoms with van der Waals surface area (Å²) in [5.41, 5.74) is -0.0410. The zero-order valence-corrected chi connectivity index (χ0v) is 25.3. The van der Waals surface area contributed by atoms with Gasteiger partial charge in [0.05, 0.1) is 16.4 Å². The molecule has 6 rings (SSSR count). The third-order valence-electron chi connectivity index (χ3n) is 7.97. The van der Waals surface area contributed by atoms with Crippen LogP contribution >= 0.6 is 0 Å². The molecular formula is C39H28N2O6. The number of rotatable bonds is 10. The van der Waals surface area contributed by atoms with Crippen molar-refractivity contribution < 1.29 is 24.0 Å². The number of nitro benzene ring substituents is 1. The van der Waals surface area contributed by atoms with E-state index in [1.54, 1.807) is 134 Å². The van der Waals surface area contributed by atoms with Crippen molar-refractivity contribution >= 4 is 34.5 Å². The minimum atomic E-state index is -1.72. The molecule has 1 heterocycles. The van der Waals surface area contributed by atoms with Crippen molar-refractivity contribution in [3.05, 3.63) is 189 Å². The molecule has 0 bridgehead atoms. The molecule has 0 N–H and O–H groups in total. The van der Waals surface area contributed by atoms with Crippen LogP contribution in [0.1, 0.15) is 55.0 Å². The number of ether oxygens (including phenoxy) is 1. The van der Waals surface area contributed by atoms with Crippen LogP contribution in [0.5, 0.6) is 0 Å². The van der Waals surface area contributed by atoms with E-state index >= 15 is 0 Å². The lowest BCUT2D eigenvalue weighted by Crippen LogP contribution is -2.36. The molecule has 8 nitrogen and oxygen atoms in total. The van der Waals surface area contributed by atoms with Gasteiger partial charge in [-0.15, -0.1) is 0 Å². The number of hydrogen-bond acceptors (Lipinski definition) is 7. The van der Waals surface area contributed by atoms with E-state index in [4.69, 9.17) is 9.73 Å². The van der Waals surface area contributed by atoms with Gasteiger partial charge in [0, 0.05) is 34.4 Å². The van der Waals surface area contributed by atoms with Crippen molar-refractivity contribution in [2.45, 2.75) is 18.6 Å². The van der Waals surface area contributed by atoms with Gasteiger partial charge in [-0.25, -0.2) is 4.99 Å². The van der Waals surface area contributed by atoms with E-state index in [2.05, 4.69) is 0 Å². The van der Waals surface area contributed by atoms with Crippen molar-refractivity contribution in [1.82, 2.24) is 0 Å². The summed E-state index contributed by atoms with van der Waals surface area (Å²) >= 11 is 0. The van der Waals surface area contributed by atoms with Crippen molar-refractivity contribution in [3.63, 3.8) is 0 Å². The van der Waals surface area contributed by atoms with Crippen LogP contribution in [0, 0.1) is 10.1 Å². The highest BCUT2D eigenvalue weighted by Gasteiger charge is 2.51. The minimum absolute atomic E-state index is 0.139. The smallest absolute Gasteiger partial charge is 0.269 e. The quantitative estimate of drug-likeness (QED) is 0.0515. The Morgan fingerprint density at radius 3 is 1.57 bits per heavy atom. The van der Waals surface area contributed by atoms with Gasteiger partial charge < -0.3 is 4.74 Å². The number of ketones is 3. The number of benzene rings is 5. The number of hydrogen-bond donors (Lipinski definition) is 0. The molecule has 0 spiro atoms. The maximum absolute atomic E-state index is 14.4. The SMILES string of the molecule is C[C@@]1(N=C(C(=O)c2ccccc2)C(=O)c2ccccc2)OC(c2ccccc2)=C(C(=O)c2ccccc2)[C@@H]1c1ccc([N+](=O)[O-])cc1. The number of carbonyl (C=O) groups excluding carboxylic acids is 3. The Bertz CT molecular complexity index is 1970. The molecule has 0 fully saturated rings. The molecule has 2 atom stereocenters. The van der Waals surface area contributed by atoms with Crippen LogP contribution in [-0.2, 0) is 4.74 Å². The maximum atomic E-state index is 14.4. The van der Waals surface area contributed by atoms with Gasteiger partial charge in [-0.2, -0.15) is 0 Å². The van der Waals surface area contributed by atoms with E-state index in [0.29, 0.717) is 16.7 Å². The third kappa shape index (κ3) is 6.17. The predicted octanol–water partition coefficient (Wildman–Crippen LogP) is 7.93. The molecule has 0 unspecified atom stereocenters. The molecule has 5 aromatic rings. The van der Waals surface area contributed by atoms with Gasteiger partial charge in [0.2, 0.25) is 17.3 Å². The zero-order chi connectivity index (χ0) is 33.0. The topological polar surface area (TPSA) is 116 Å². The molecular weight excluding hydrogens is 592 g/mol. The number of aliphatic imine (C=N–C) groups is 1. The van der Waals surface area contributed by atoms with E-state index in [-0.39, 0.29) is 39.6 Å². The van der Waals surface area contributed by atoms with Crippen LogP contribution in [0.25, 0.3) is 5.76 Å². The van der Waals surface area contributed by atoms with E-state index in [1.807, 2.05) is 6.07 Å². The van der Waals surface area contributed by atoms with Crippen LogP contribution in [-0.4, -0.2) is 33.7 Å². The molecule has 5 aromatic carbocycles. The Hall–Kier alpha value is -6.28. The van der Waals surface area contributed by atoms with Gasteiger partial charge in [-0.05, 0) is 12.5 Å². The van der Waals surface area contributed by atoms with Gasteiger partial charge in [-0.3, -0.25) is 24.5 Å². The van der Waals surface area contributed by atoms with Crippen LogP contribution in [0.15, 0.2) is 156 Å². The molecule has 47 heavy (non-hydrogen) atoms. The molecule has 0 aliphatic carbocycles. The number of non-ortho nitro benzene ring substituents is 1. The van der Waals surface area contributed by atoms with E-state index in [9.17, 15) is 24.5 Å². The molecule has 0 saturated heterocycles. The molecule has 8 heteroatoms. The van der Waals surface area contributed by atoms with Gasteiger partial charge >= 0.3 is 0 Å². The number of nitrogens with zero attached hydrogens (tertiary/aromatic N) is 2. The summed E-state index contributed by atoms with van der Waals surface area (Å²) in [7, 11) is 0. The Morgan fingerprint density at radius 1 is 0.660 bits per heavy atom. The van der Waals surface area contributed by atoms with Crippen LogP contribution in [0.4, 0.5) is 5.69 Å². The Morgan fingerprint density at radius 2 is 1.11 bits per heavy atom. The fraction of sp³-hybridized carbons (Fsp3) is 0.0769. The molecule has 0 amide bonds. The van der Waals surface area contributed by atoms with Gasteiger partial charge in [0.25, 0.3) is 5.69 Å². The van der Waals surface area contributed by atoms with Gasteiger partial charge in [0.15, 0.2) is 11.5 Å². The van der Waals surface area contributed by atoms with E-state index in [1.165, 1.54) is 12.1 Å². The van der Waals surface area contributed by atoms with Gasteiger partial charge in [0.1, 0.15) is 5.76 Å². The van der Waals surface area contributed by atoms with Crippen LogP contribution < -0.4 is 0 Å². The Kier molecular flexibility index (Phi) is 8.49. The van der Waals surface area contributed by atoms with Gasteiger partial charge in [-0.1, -0.05) is 133 Å². The summed E-state index contributed by atoms with van der Waals surface area (Å²) in [6, 6.07) is 40.2. The maximum Gasteiger partial charge on any atom is 0.269 e. The van der Waals surface area contributed by atoms with Crippen LogP contribution in [0.3, 0.4) is 0 Å². The molecule has 0 radical (unpaired) electrons. The molecule has 1 aliphatic heterocycles. The lowest BCUT2D eigenvalue weighted by Gasteiger charge is -2.29. The first-order valence-electron chi connectivity index (χ1n) is 14.9. The molecule has 0 aromatic heterocycles. The first kappa shape index (κ1) is 30.7. The Balaban J connectivity index is 1.61. The summed E-state index contributed by atoms with van der Waals surface area (Å²) in [6.07, 6.45) is 0. The van der Waals surface area contributed by atoms with Crippen molar-refractivity contribution in [1.29, 1.82) is 0 Å².